The second-order valence-corrected chi connectivity index (χ2v) is 7.22. The molecule has 0 unspecified atom stereocenters. The van der Waals surface area contributed by atoms with Crippen molar-refractivity contribution in [1.82, 2.24) is 14.8 Å². The number of hydrogen-bond acceptors (Lipinski definition) is 4. The number of amides is 1. The molecule has 2 aromatic heterocycles. The van der Waals surface area contributed by atoms with E-state index in [0.717, 1.165) is 28.2 Å². The maximum Gasteiger partial charge on any atom is 0.230 e. The van der Waals surface area contributed by atoms with Gasteiger partial charge in [-0.1, -0.05) is 29.8 Å². The molecule has 1 amide bonds. The Bertz CT molecular complexity index is 924. The van der Waals surface area contributed by atoms with Crippen molar-refractivity contribution in [2.75, 3.05) is 5.32 Å². The van der Waals surface area contributed by atoms with Crippen LogP contribution in [0.1, 0.15) is 28.2 Å². The summed E-state index contributed by atoms with van der Waals surface area (Å²) in [6, 6.07) is 5.94. The minimum absolute atomic E-state index is 0.0827. The van der Waals surface area contributed by atoms with Crippen LogP contribution in [-0.2, 0) is 11.2 Å². The average molecular weight is 375 g/mol. The molecule has 1 N–H and O–H groups in total. The zero-order valence-electron chi connectivity index (χ0n) is 14.6. The van der Waals surface area contributed by atoms with Crippen molar-refractivity contribution in [2.24, 2.45) is 0 Å². The van der Waals surface area contributed by atoms with Gasteiger partial charge in [-0.2, -0.15) is 5.10 Å². The Morgan fingerprint density at radius 3 is 2.52 bits per heavy atom. The van der Waals surface area contributed by atoms with Crippen LogP contribution in [0.4, 0.5) is 5.69 Å². The third-order valence-electron chi connectivity index (χ3n) is 4.01. The molecule has 25 heavy (non-hydrogen) atoms. The maximum absolute atomic E-state index is 12.4. The molecule has 0 fully saturated rings. The average Bonchev–Trinajstić information content (AvgIpc) is 3.11. The van der Waals surface area contributed by atoms with E-state index in [1.807, 2.05) is 51.3 Å². The molecule has 0 bridgehead atoms. The van der Waals surface area contributed by atoms with Crippen LogP contribution in [0.5, 0.6) is 0 Å². The van der Waals surface area contributed by atoms with E-state index in [2.05, 4.69) is 15.4 Å². The summed E-state index contributed by atoms with van der Waals surface area (Å²) in [6.45, 7) is 7.72. The highest BCUT2D eigenvalue weighted by Crippen LogP contribution is 2.25. The van der Waals surface area contributed by atoms with Gasteiger partial charge in [0.1, 0.15) is 0 Å². The van der Waals surface area contributed by atoms with Gasteiger partial charge in [0.25, 0.3) is 0 Å². The van der Waals surface area contributed by atoms with Gasteiger partial charge < -0.3 is 5.32 Å². The van der Waals surface area contributed by atoms with Crippen LogP contribution in [0, 0.1) is 27.7 Å². The van der Waals surface area contributed by atoms with Gasteiger partial charge in [0, 0.05) is 11.1 Å². The normalized spacial score (nSPS) is 10.9. The van der Waals surface area contributed by atoms with Gasteiger partial charge in [-0.05, 0) is 38.8 Å². The Labute approximate surface area is 155 Å². The Kier molecular flexibility index (Phi) is 4.92. The van der Waals surface area contributed by atoms with Crippen LogP contribution in [0.15, 0.2) is 23.6 Å². The molecule has 0 aliphatic carbocycles. The fourth-order valence-corrected chi connectivity index (χ4v) is 3.59. The number of carbonyl (C=O) groups is 1. The minimum atomic E-state index is -0.0827. The van der Waals surface area contributed by atoms with Gasteiger partial charge in [-0.25, -0.2) is 9.67 Å². The summed E-state index contributed by atoms with van der Waals surface area (Å²) < 4.78 is 1.72. The summed E-state index contributed by atoms with van der Waals surface area (Å²) in [5.74, 6) is -0.0827. The Morgan fingerprint density at radius 2 is 1.92 bits per heavy atom. The Morgan fingerprint density at radius 1 is 1.24 bits per heavy atom. The van der Waals surface area contributed by atoms with E-state index in [1.54, 1.807) is 4.68 Å². The molecule has 0 aliphatic rings. The van der Waals surface area contributed by atoms with Gasteiger partial charge in [-0.3, -0.25) is 4.79 Å². The Balaban J connectivity index is 1.75. The van der Waals surface area contributed by atoms with Crippen LogP contribution >= 0.6 is 22.9 Å². The molecule has 0 aliphatic heterocycles. The number of aromatic nitrogens is 3. The van der Waals surface area contributed by atoms with Crippen molar-refractivity contribution < 1.29 is 4.79 Å². The van der Waals surface area contributed by atoms with Crippen molar-refractivity contribution in [3.63, 3.8) is 0 Å². The van der Waals surface area contributed by atoms with Crippen LogP contribution in [0.3, 0.4) is 0 Å². The van der Waals surface area contributed by atoms with Crippen LogP contribution in [-0.4, -0.2) is 20.7 Å². The number of aryl methyl sites for hydroxylation is 3. The first-order chi connectivity index (χ1) is 11.9. The van der Waals surface area contributed by atoms with E-state index in [0.29, 0.717) is 15.8 Å². The fraction of sp³-hybridized carbons (Fsp3) is 0.278. The van der Waals surface area contributed by atoms with Gasteiger partial charge in [0.05, 0.1) is 28.5 Å². The van der Waals surface area contributed by atoms with Crippen LogP contribution in [0.2, 0.25) is 5.02 Å². The lowest BCUT2D eigenvalue weighted by Crippen LogP contribution is -2.16. The van der Waals surface area contributed by atoms with E-state index in [4.69, 9.17) is 11.6 Å². The molecular weight excluding hydrogens is 356 g/mol. The first-order valence-electron chi connectivity index (χ1n) is 7.89. The maximum atomic E-state index is 12.4. The molecule has 0 atom stereocenters. The van der Waals surface area contributed by atoms with Crippen molar-refractivity contribution in [2.45, 2.75) is 34.1 Å². The summed E-state index contributed by atoms with van der Waals surface area (Å²) in [6.07, 6.45) is 0.220. The van der Waals surface area contributed by atoms with Crippen LogP contribution < -0.4 is 5.32 Å². The molecule has 1 aromatic carbocycles. The first kappa shape index (κ1) is 17.6. The lowest BCUT2D eigenvalue weighted by atomic mass is 10.1. The van der Waals surface area contributed by atoms with E-state index in [-0.39, 0.29) is 12.3 Å². The second kappa shape index (κ2) is 6.98. The molecular formula is C18H19ClN4OS. The lowest BCUT2D eigenvalue weighted by Gasteiger charge is -2.10. The molecule has 3 aromatic rings. The summed E-state index contributed by atoms with van der Waals surface area (Å²) in [4.78, 5) is 16.9. The number of thiazole rings is 1. The third kappa shape index (κ3) is 3.60. The van der Waals surface area contributed by atoms with E-state index >= 15 is 0 Å². The summed E-state index contributed by atoms with van der Waals surface area (Å²) in [5.41, 5.74) is 5.29. The minimum Gasteiger partial charge on any atom is -0.325 e. The standard InChI is InChI=1S/C18H19ClN4OS/c1-10-6-5-7-11(2)17(10)21-15(24)8-14-9-25-18(20-14)23-13(4)16(19)12(3)22-23/h5-7,9H,8H2,1-4H3,(H,21,24). The topological polar surface area (TPSA) is 59.8 Å². The SMILES string of the molecule is Cc1cccc(C)c1NC(=O)Cc1csc(-n2nc(C)c(Cl)c2C)n1. The molecule has 2 heterocycles. The van der Waals surface area contributed by atoms with Crippen LogP contribution in [0.25, 0.3) is 5.13 Å². The van der Waals surface area contributed by atoms with E-state index in [1.165, 1.54) is 11.3 Å². The molecule has 130 valence electrons. The van der Waals surface area contributed by atoms with Crippen molar-refractivity contribution in [1.29, 1.82) is 0 Å². The predicted octanol–water partition coefficient (Wildman–Crippen LogP) is 4.40. The zero-order chi connectivity index (χ0) is 18.1. The molecule has 0 radical (unpaired) electrons. The highest BCUT2D eigenvalue weighted by Gasteiger charge is 2.15. The number of para-hydroxylation sites is 1. The number of benzene rings is 1. The number of anilines is 1. The lowest BCUT2D eigenvalue weighted by molar-refractivity contribution is -0.115. The largest absolute Gasteiger partial charge is 0.325 e. The number of halogens is 1. The highest BCUT2D eigenvalue weighted by molar-refractivity contribution is 7.12. The van der Waals surface area contributed by atoms with E-state index < -0.39 is 0 Å². The summed E-state index contributed by atoms with van der Waals surface area (Å²) in [7, 11) is 0. The molecule has 0 spiro atoms. The third-order valence-corrected chi connectivity index (χ3v) is 5.42. The van der Waals surface area contributed by atoms with Crippen molar-refractivity contribution in [3.05, 3.63) is 56.8 Å². The second-order valence-electron chi connectivity index (χ2n) is 6.01. The highest BCUT2D eigenvalue weighted by atomic mass is 35.5. The van der Waals surface area contributed by atoms with Gasteiger partial charge in [0.2, 0.25) is 11.0 Å². The molecule has 7 heteroatoms. The predicted molar refractivity (Wildman–Crippen MR) is 102 cm³/mol. The number of nitrogens with zero attached hydrogens (tertiary/aromatic N) is 3. The van der Waals surface area contributed by atoms with E-state index in [9.17, 15) is 4.79 Å². The number of nitrogens with one attached hydrogen (secondary N) is 1. The molecule has 3 rings (SSSR count). The molecule has 0 saturated carbocycles. The van der Waals surface area contributed by atoms with Crippen molar-refractivity contribution in [3.8, 4) is 5.13 Å². The number of rotatable bonds is 4. The molecule has 0 saturated heterocycles. The van der Waals surface area contributed by atoms with Crippen molar-refractivity contribution >= 4 is 34.5 Å². The van der Waals surface area contributed by atoms with Gasteiger partial charge >= 0.3 is 0 Å². The smallest absolute Gasteiger partial charge is 0.230 e. The van der Waals surface area contributed by atoms with Gasteiger partial charge in [-0.15, -0.1) is 11.3 Å². The summed E-state index contributed by atoms with van der Waals surface area (Å²) in [5, 5.41) is 10.6. The number of carbonyl (C=O) groups excluding carboxylic acids is 1. The fourth-order valence-electron chi connectivity index (χ4n) is 2.64. The monoisotopic (exact) mass is 374 g/mol. The quantitative estimate of drug-likeness (QED) is 0.736. The summed E-state index contributed by atoms with van der Waals surface area (Å²) >= 11 is 7.63. The number of hydrogen-bond donors (Lipinski definition) is 1. The zero-order valence-corrected chi connectivity index (χ0v) is 16.1. The molecule has 5 nitrogen and oxygen atoms in total. The van der Waals surface area contributed by atoms with Gasteiger partial charge in [0.15, 0.2) is 0 Å². The Hall–Kier alpha value is -2.18. The first-order valence-corrected chi connectivity index (χ1v) is 9.15.